The van der Waals surface area contributed by atoms with Gasteiger partial charge < -0.3 is 4.18 Å². The van der Waals surface area contributed by atoms with Crippen molar-refractivity contribution in [2.75, 3.05) is 0 Å². The molecule has 0 bridgehead atoms. The highest BCUT2D eigenvalue weighted by molar-refractivity contribution is 7.88. The monoisotopic (exact) mass is 502 g/mol. The third kappa shape index (κ3) is 4.99. The Balaban J connectivity index is 1.55. The summed E-state index contributed by atoms with van der Waals surface area (Å²) in [6.45, 7) is 5.08. The maximum Gasteiger partial charge on any atom is 0.534 e. The highest BCUT2D eigenvalue weighted by atomic mass is 32.2. The molecule has 2 heterocycles. The van der Waals surface area contributed by atoms with Crippen LogP contribution in [0.4, 0.5) is 17.6 Å². The van der Waals surface area contributed by atoms with E-state index in [4.69, 9.17) is 0 Å². The second-order valence-electron chi connectivity index (χ2n) is 8.31. The topological polar surface area (TPSA) is 59.5 Å². The van der Waals surface area contributed by atoms with E-state index < -0.39 is 27.2 Å². The largest absolute Gasteiger partial charge is 0.534 e. The minimum Gasteiger partial charge on any atom is -0.376 e. The molecular formula is C22H22F4N2O3S2. The first-order valence-corrected chi connectivity index (χ1v) is 12.6. The zero-order valence-electron chi connectivity index (χ0n) is 17.8. The van der Waals surface area contributed by atoms with Crippen LogP contribution in [0.15, 0.2) is 42.5 Å². The Morgan fingerprint density at radius 2 is 1.76 bits per heavy atom. The Hall–Kier alpha value is -2.24. The molecule has 0 N–H and O–H groups in total. The van der Waals surface area contributed by atoms with Crippen molar-refractivity contribution in [3.05, 3.63) is 58.9 Å². The van der Waals surface area contributed by atoms with E-state index in [2.05, 4.69) is 40.0 Å². The molecule has 0 radical (unpaired) electrons. The van der Waals surface area contributed by atoms with E-state index in [0.29, 0.717) is 11.1 Å². The van der Waals surface area contributed by atoms with Crippen molar-refractivity contribution in [3.8, 4) is 5.75 Å². The lowest BCUT2D eigenvalue weighted by Crippen LogP contribution is -2.45. The van der Waals surface area contributed by atoms with Crippen LogP contribution in [0.25, 0.3) is 10.2 Å². The molecule has 0 aliphatic carbocycles. The van der Waals surface area contributed by atoms with Crippen molar-refractivity contribution in [3.63, 3.8) is 0 Å². The summed E-state index contributed by atoms with van der Waals surface area (Å²) in [7, 11) is -5.88. The molecule has 1 aliphatic heterocycles. The molecule has 1 unspecified atom stereocenters. The van der Waals surface area contributed by atoms with Gasteiger partial charge in [0, 0.05) is 36.7 Å². The maximum absolute atomic E-state index is 14.5. The number of aromatic nitrogens is 1. The van der Waals surface area contributed by atoms with Gasteiger partial charge in [-0.1, -0.05) is 30.3 Å². The molecule has 2 aromatic carbocycles. The maximum atomic E-state index is 14.5. The first-order valence-electron chi connectivity index (χ1n) is 10.3. The van der Waals surface area contributed by atoms with Crippen LogP contribution in [0.1, 0.15) is 43.2 Å². The third-order valence-electron chi connectivity index (χ3n) is 5.87. The minimum absolute atomic E-state index is 0.00113. The van der Waals surface area contributed by atoms with Gasteiger partial charge in [0.2, 0.25) is 0 Å². The second kappa shape index (κ2) is 8.84. The number of hydrogen-bond donors (Lipinski definition) is 0. The molecule has 33 heavy (non-hydrogen) atoms. The molecule has 1 aromatic heterocycles. The van der Waals surface area contributed by atoms with Crippen LogP contribution in [-0.2, 0) is 16.7 Å². The van der Waals surface area contributed by atoms with E-state index in [-0.39, 0.29) is 28.2 Å². The van der Waals surface area contributed by atoms with Crippen molar-refractivity contribution < 1.29 is 30.2 Å². The molecule has 0 saturated carbocycles. The van der Waals surface area contributed by atoms with Gasteiger partial charge in [-0.3, -0.25) is 4.90 Å². The number of piperidine rings is 1. The number of likely N-dealkylation sites (tertiary alicyclic amines) is 1. The van der Waals surface area contributed by atoms with Crippen LogP contribution in [-0.4, -0.2) is 35.9 Å². The Kier molecular flexibility index (Phi) is 6.41. The third-order valence-corrected chi connectivity index (χ3v) is 8.01. The number of benzene rings is 2. The van der Waals surface area contributed by atoms with Crippen molar-refractivity contribution >= 4 is 31.7 Å². The van der Waals surface area contributed by atoms with Crippen LogP contribution in [0.5, 0.6) is 5.75 Å². The fourth-order valence-electron chi connectivity index (χ4n) is 4.31. The summed E-state index contributed by atoms with van der Waals surface area (Å²) in [6, 6.07) is 12.3. The van der Waals surface area contributed by atoms with Crippen LogP contribution >= 0.6 is 11.3 Å². The van der Waals surface area contributed by atoms with E-state index in [0.717, 1.165) is 36.8 Å². The van der Waals surface area contributed by atoms with Gasteiger partial charge in [0.15, 0.2) is 5.82 Å². The molecule has 178 valence electrons. The van der Waals surface area contributed by atoms with Gasteiger partial charge in [0.05, 0.1) is 9.71 Å². The lowest BCUT2D eigenvalue weighted by molar-refractivity contribution is -0.0500. The van der Waals surface area contributed by atoms with Crippen molar-refractivity contribution in [2.45, 2.75) is 56.7 Å². The van der Waals surface area contributed by atoms with Crippen LogP contribution in [0.2, 0.25) is 0 Å². The van der Waals surface area contributed by atoms with E-state index in [1.165, 1.54) is 5.56 Å². The molecular weight excluding hydrogens is 480 g/mol. The first-order chi connectivity index (χ1) is 15.4. The zero-order valence-corrected chi connectivity index (χ0v) is 19.5. The van der Waals surface area contributed by atoms with Gasteiger partial charge in [-0.05, 0) is 32.3 Å². The number of alkyl halides is 3. The molecule has 1 fully saturated rings. The normalized spacial score (nSPS) is 22.5. The minimum atomic E-state index is -5.88. The Morgan fingerprint density at radius 3 is 2.36 bits per heavy atom. The molecule has 11 heteroatoms. The summed E-state index contributed by atoms with van der Waals surface area (Å²) < 4.78 is 79.2. The van der Waals surface area contributed by atoms with Crippen molar-refractivity contribution in [1.29, 1.82) is 0 Å². The van der Waals surface area contributed by atoms with E-state index in [9.17, 15) is 26.0 Å². The van der Waals surface area contributed by atoms with Crippen molar-refractivity contribution in [2.24, 2.45) is 0 Å². The quantitative estimate of drug-likeness (QED) is 0.250. The molecule has 1 aliphatic rings. The Labute approximate surface area is 193 Å². The predicted molar refractivity (Wildman–Crippen MR) is 118 cm³/mol. The molecule has 4 rings (SSSR count). The average Bonchev–Trinajstić information content (AvgIpc) is 3.15. The molecule has 3 aromatic rings. The Morgan fingerprint density at radius 1 is 1.12 bits per heavy atom. The van der Waals surface area contributed by atoms with Crippen LogP contribution in [0.3, 0.4) is 0 Å². The highest BCUT2D eigenvalue weighted by Gasteiger charge is 2.48. The van der Waals surface area contributed by atoms with Gasteiger partial charge in [0.25, 0.3) is 0 Å². The highest BCUT2D eigenvalue weighted by Crippen LogP contribution is 2.40. The lowest BCUT2D eigenvalue weighted by atomic mass is 9.87. The van der Waals surface area contributed by atoms with E-state index >= 15 is 0 Å². The summed E-state index contributed by atoms with van der Waals surface area (Å²) in [6.07, 6.45) is 1.59. The summed E-state index contributed by atoms with van der Waals surface area (Å²) in [5.41, 5.74) is -4.38. The lowest BCUT2D eigenvalue weighted by Gasteiger charge is -2.42. The van der Waals surface area contributed by atoms with Crippen molar-refractivity contribution in [1.82, 2.24) is 9.88 Å². The van der Waals surface area contributed by atoms with Gasteiger partial charge >= 0.3 is 15.6 Å². The number of rotatable bonds is 5. The van der Waals surface area contributed by atoms with Gasteiger partial charge in [0.1, 0.15) is 11.3 Å². The fourth-order valence-corrected chi connectivity index (χ4v) is 5.89. The first kappa shape index (κ1) is 23.9. The molecule has 3 atom stereocenters. The van der Waals surface area contributed by atoms with Gasteiger partial charge in [-0.15, -0.1) is 11.3 Å². The molecule has 0 amide bonds. The number of nitrogens with zero attached hydrogens (tertiary/aromatic N) is 2. The van der Waals surface area contributed by atoms with E-state index in [1.807, 2.05) is 18.2 Å². The number of halogens is 4. The zero-order chi connectivity index (χ0) is 24.0. The number of hydrogen-bond acceptors (Lipinski definition) is 6. The second-order valence-corrected chi connectivity index (χ2v) is 10.9. The van der Waals surface area contributed by atoms with Gasteiger partial charge in [-0.2, -0.15) is 21.6 Å². The van der Waals surface area contributed by atoms with Crippen LogP contribution < -0.4 is 4.18 Å². The fraction of sp³-hybridized carbons (Fsp3) is 0.409. The summed E-state index contributed by atoms with van der Waals surface area (Å²) in [5, 5.41) is 0.679. The average molecular weight is 503 g/mol. The van der Waals surface area contributed by atoms with E-state index in [1.54, 1.807) is 0 Å². The Bertz CT molecular complexity index is 1230. The number of thiazole rings is 1. The molecule has 1 saturated heterocycles. The summed E-state index contributed by atoms with van der Waals surface area (Å²) >= 11 is 1.15. The molecule has 5 nitrogen and oxygen atoms in total. The molecule has 0 spiro atoms. The van der Waals surface area contributed by atoms with Crippen LogP contribution in [0, 0.1) is 5.82 Å². The standard InChI is InChI=1S/C22H22F4N2O3S2/c1-13-8-16(9-14(2)28(13)12-15-6-4-3-5-7-15)21-27-20-18(23)10-17(11-19(20)32-21)31-33(29,30)22(24,25)26/h3-7,10-11,13-14,16H,8-9,12H2,1-2H3/t13-,14+,16?. The number of fused-ring (bicyclic) bond motifs is 1. The predicted octanol–water partition coefficient (Wildman–Crippen LogP) is 5.82. The van der Waals surface area contributed by atoms with Gasteiger partial charge in [-0.25, -0.2) is 9.37 Å². The SMILES string of the molecule is C[C@@H]1CC(c2nc3c(F)cc(OS(=O)(=O)C(F)(F)F)cc3s2)C[C@H](C)N1Cc1ccccc1. The smallest absolute Gasteiger partial charge is 0.376 e. The summed E-state index contributed by atoms with van der Waals surface area (Å²) in [4.78, 5) is 6.81. The summed E-state index contributed by atoms with van der Waals surface area (Å²) in [5.74, 6) is -1.60.